The molecule has 0 amide bonds. The van der Waals surface area contributed by atoms with Gasteiger partial charge in [-0.2, -0.15) is 0 Å². The first kappa shape index (κ1) is 7.21. The van der Waals surface area contributed by atoms with E-state index in [2.05, 4.69) is 29.6 Å². The Hall–Kier alpha value is 0.0969. The third-order valence-corrected chi connectivity index (χ3v) is 3.58. The molecule has 4 heteroatoms. The van der Waals surface area contributed by atoms with E-state index in [1.165, 1.54) is 0 Å². The topological polar surface area (TPSA) is 27.7 Å². The minimum absolute atomic E-state index is 0.206. The monoisotopic (exact) mass is 148 g/mol. The molecule has 0 N–H and O–H groups in total. The van der Waals surface area contributed by atoms with Crippen LogP contribution in [0.15, 0.2) is 0 Å². The molecule has 0 spiro atoms. The average molecular weight is 148 g/mol. The van der Waals surface area contributed by atoms with Crippen LogP contribution in [0.5, 0.6) is 0 Å². The highest BCUT2D eigenvalue weighted by Gasteiger charge is 2.33. The highest BCUT2D eigenvalue weighted by molar-refractivity contribution is 6.77. The molecule has 1 fully saturated rings. The van der Waals surface area contributed by atoms with Crippen molar-refractivity contribution in [2.24, 2.45) is 0 Å². The molecule has 1 rings (SSSR count). The molecule has 9 heavy (non-hydrogen) atoms. The van der Waals surface area contributed by atoms with E-state index in [9.17, 15) is 0 Å². The average Bonchev–Trinajstić information content (AvgIpc) is 2.08. The highest BCUT2D eigenvalue weighted by atomic mass is 28.3. The standard InChI is InChI=1S/C5H12O3Si/c1-9(2,3)5-4-6-8-7-5/h5H,4H2,1-3H3. The van der Waals surface area contributed by atoms with Crippen LogP contribution in [0.2, 0.25) is 19.6 Å². The Labute approximate surface area is 55.8 Å². The van der Waals surface area contributed by atoms with Crippen molar-refractivity contribution in [1.82, 2.24) is 0 Å². The fraction of sp³-hybridized carbons (Fsp3) is 1.00. The maximum Gasteiger partial charge on any atom is 0.112 e. The van der Waals surface area contributed by atoms with E-state index in [0.717, 1.165) is 0 Å². The quantitative estimate of drug-likeness (QED) is 0.412. The van der Waals surface area contributed by atoms with Crippen LogP contribution in [-0.4, -0.2) is 20.4 Å². The van der Waals surface area contributed by atoms with Crippen molar-refractivity contribution in [2.75, 3.05) is 6.61 Å². The van der Waals surface area contributed by atoms with Crippen LogP contribution in [0.3, 0.4) is 0 Å². The van der Waals surface area contributed by atoms with Gasteiger partial charge < -0.3 is 0 Å². The Bertz CT molecular complexity index is 92.9. The van der Waals surface area contributed by atoms with Gasteiger partial charge in [-0.15, -0.1) is 0 Å². The Morgan fingerprint density at radius 1 is 1.33 bits per heavy atom. The molecule has 1 unspecified atom stereocenters. The Balaban J connectivity index is 2.42. The summed E-state index contributed by atoms with van der Waals surface area (Å²) in [5.41, 5.74) is 0.206. The highest BCUT2D eigenvalue weighted by Crippen LogP contribution is 2.16. The zero-order valence-electron chi connectivity index (χ0n) is 6.01. The number of rotatable bonds is 1. The fourth-order valence-corrected chi connectivity index (χ4v) is 1.48. The van der Waals surface area contributed by atoms with Gasteiger partial charge in [-0.1, -0.05) is 24.7 Å². The lowest BCUT2D eigenvalue weighted by molar-refractivity contribution is -0.456. The molecule has 0 aromatic carbocycles. The van der Waals surface area contributed by atoms with Crippen molar-refractivity contribution < 1.29 is 14.8 Å². The maximum atomic E-state index is 4.86. The largest absolute Gasteiger partial charge is 0.204 e. The minimum Gasteiger partial charge on any atom is -0.204 e. The van der Waals surface area contributed by atoms with E-state index in [-0.39, 0.29) is 5.73 Å². The minimum atomic E-state index is -1.20. The van der Waals surface area contributed by atoms with E-state index in [4.69, 9.17) is 4.89 Å². The van der Waals surface area contributed by atoms with Crippen LogP contribution in [-0.2, 0) is 14.8 Å². The first-order chi connectivity index (χ1) is 4.11. The van der Waals surface area contributed by atoms with Crippen molar-refractivity contribution in [2.45, 2.75) is 25.4 Å². The van der Waals surface area contributed by atoms with Crippen LogP contribution in [0.1, 0.15) is 0 Å². The fourth-order valence-electron chi connectivity index (χ4n) is 0.587. The van der Waals surface area contributed by atoms with Crippen LogP contribution < -0.4 is 0 Å². The molecule has 0 bridgehead atoms. The van der Waals surface area contributed by atoms with Crippen molar-refractivity contribution in [3.8, 4) is 0 Å². The van der Waals surface area contributed by atoms with Crippen LogP contribution in [0.25, 0.3) is 0 Å². The molecule has 1 heterocycles. The summed E-state index contributed by atoms with van der Waals surface area (Å²) in [7, 11) is -1.20. The normalized spacial score (nSPS) is 29.0. The molecule has 0 radical (unpaired) electrons. The molecule has 0 aliphatic carbocycles. The van der Waals surface area contributed by atoms with Crippen LogP contribution >= 0.6 is 0 Å². The van der Waals surface area contributed by atoms with E-state index >= 15 is 0 Å². The van der Waals surface area contributed by atoms with Crippen molar-refractivity contribution in [3.05, 3.63) is 0 Å². The predicted octanol–water partition coefficient (Wildman–Crippen LogP) is 1.13. The molecule has 1 atom stereocenters. The Kier molecular flexibility index (Phi) is 1.90. The van der Waals surface area contributed by atoms with E-state index in [1.54, 1.807) is 0 Å². The van der Waals surface area contributed by atoms with E-state index in [0.29, 0.717) is 6.61 Å². The summed E-state index contributed by atoms with van der Waals surface area (Å²) in [5.74, 6) is 0. The van der Waals surface area contributed by atoms with Gasteiger partial charge in [0.15, 0.2) is 0 Å². The molecule has 0 aromatic rings. The van der Waals surface area contributed by atoms with Gasteiger partial charge >= 0.3 is 0 Å². The molecule has 1 aliphatic heterocycles. The van der Waals surface area contributed by atoms with Crippen molar-refractivity contribution >= 4 is 8.07 Å². The van der Waals surface area contributed by atoms with Crippen LogP contribution in [0.4, 0.5) is 0 Å². The van der Waals surface area contributed by atoms with Crippen molar-refractivity contribution in [3.63, 3.8) is 0 Å². The lowest BCUT2D eigenvalue weighted by Crippen LogP contribution is -2.39. The molecule has 0 aromatic heterocycles. The number of hydrogen-bond donors (Lipinski definition) is 0. The van der Waals surface area contributed by atoms with Gasteiger partial charge in [0.25, 0.3) is 0 Å². The Morgan fingerprint density at radius 3 is 2.22 bits per heavy atom. The predicted molar refractivity (Wildman–Crippen MR) is 35.3 cm³/mol. The second-order valence-corrected chi connectivity index (χ2v) is 8.68. The van der Waals surface area contributed by atoms with Crippen LogP contribution in [0, 0.1) is 0 Å². The summed E-state index contributed by atoms with van der Waals surface area (Å²) in [6, 6.07) is 0. The molecule has 1 saturated heterocycles. The summed E-state index contributed by atoms with van der Waals surface area (Å²) in [4.78, 5) is 9.45. The van der Waals surface area contributed by atoms with Gasteiger partial charge in [0.1, 0.15) is 12.3 Å². The lowest BCUT2D eigenvalue weighted by atomic mass is 10.8. The molecule has 3 nitrogen and oxygen atoms in total. The molecule has 0 saturated carbocycles. The second kappa shape index (κ2) is 2.38. The van der Waals surface area contributed by atoms with Gasteiger partial charge in [-0.3, -0.25) is 0 Å². The first-order valence-electron chi connectivity index (χ1n) is 3.05. The van der Waals surface area contributed by atoms with E-state index < -0.39 is 8.07 Å². The summed E-state index contributed by atoms with van der Waals surface area (Å²) in [6.45, 7) is 7.25. The van der Waals surface area contributed by atoms with Gasteiger partial charge in [0, 0.05) is 0 Å². The molecular weight excluding hydrogens is 136 g/mol. The first-order valence-corrected chi connectivity index (χ1v) is 6.63. The maximum absolute atomic E-state index is 4.86. The zero-order chi connectivity index (χ0) is 6.91. The smallest absolute Gasteiger partial charge is 0.112 e. The van der Waals surface area contributed by atoms with Gasteiger partial charge in [0.2, 0.25) is 0 Å². The summed E-state index contributed by atoms with van der Waals surface area (Å²) in [6.07, 6.45) is 0. The molecule has 1 aliphatic rings. The third kappa shape index (κ3) is 1.75. The van der Waals surface area contributed by atoms with Gasteiger partial charge in [-0.05, 0) is 0 Å². The van der Waals surface area contributed by atoms with Crippen molar-refractivity contribution in [1.29, 1.82) is 0 Å². The Morgan fingerprint density at radius 2 is 2.00 bits per heavy atom. The second-order valence-electron chi connectivity index (χ2n) is 3.30. The zero-order valence-corrected chi connectivity index (χ0v) is 7.01. The number of hydrogen-bond acceptors (Lipinski definition) is 3. The summed E-state index contributed by atoms with van der Waals surface area (Å²) in [5, 5.41) is 4.32. The lowest BCUT2D eigenvalue weighted by Gasteiger charge is -2.18. The molecule has 54 valence electrons. The van der Waals surface area contributed by atoms with Gasteiger partial charge in [-0.25, -0.2) is 9.78 Å². The van der Waals surface area contributed by atoms with E-state index in [1.807, 2.05) is 0 Å². The summed E-state index contributed by atoms with van der Waals surface area (Å²) < 4.78 is 0. The van der Waals surface area contributed by atoms with Gasteiger partial charge in [0.05, 0.1) is 8.07 Å². The molecular formula is C5H12O3Si. The third-order valence-electron chi connectivity index (χ3n) is 1.39. The summed E-state index contributed by atoms with van der Waals surface area (Å²) >= 11 is 0. The SMILES string of the molecule is C[Si](C)(C)C1COOO1.